The number of benzene rings is 2. The smallest absolute Gasteiger partial charge is 0.428 e. The van der Waals surface area contributed by atoms with Gasteiger partial charge in [0.2, 0.25) is 0 Å². The summed E-state index contributed by atoms with van der Waals surface area (Å²) in [6, 6.07) is 12.1. The van der Waals surface area contributed by atoms with Gasteiger partial charge in [-0.3, -0.25) is 0 Å². The second kappa shape index (κ2) is 6.44. The Morgan fingerprint density at radius 1 is 1.13 bits per heavy atom. The van der Waals surface area contributed by atoms with Gasteiger partial charge in [-0.15, -0.1) is 0 Å². The maximum Gasteiger partial charge on any atom is 0.514 e. The summed E-state index contributed by atoms with van der Waals surface area (Å²) in [5.41, 5.74) is 0.771. The van der Waals surface area contributed by atoms with Crippen molar-refractivity contribution in [2.24, 2.45) is 0 Å². The summed E-state index contributed by atoms with van der Waals surface area (Å²) in [7, 11) is 0. The monoisotopic (exact) mass is 330 g/mol. The molecule has 0 spiro atoms. The zero-order chi connectivity index (χ0) is 16.4. The van der Waals surface area contributed by atoms with Crippen LogP contribution in [0.5, 0.6) is 5.75 Å². The van der Waals surface area contributed by atoms with Crippen molar-refractivity contribution in [2.45, 2.75) is 44.5 Å². The van der Waals surface area contributed by atoms with Gasteiger partial charge in [0.15, 0.2) is 0 Å². The van der Waals surface area contributed by atoms with Crippen LogP contribution < -0.4 is 4.74 Å². The summed E-state index contributed by atoms with van der Waals surface area (Å²) in [6.07, 6.45) is 1.81. The van der Waals surface area contributed by atoms with E-state index in [4.69, 9.17) is 9.47 Å². The normalized spacial score (nSPS) is 18.1. The van der Waals surface area contributed by atoms with Crippen LogP contribution in [0.25, 0.3) is 10.8 Å². The zero-order valence-corrected chi connectivity index (χ0v) is 14.6. The number of rotatable bonds is 2. The van der Waals surface area contributed by atoms with E-state index in [-0.39, 0.29) is 0 Å². The maximum absolute atomic E-state index is 12.0. The first-order valence-corrected chi connectivity index (χ1v) is 9.03. The molecule has 1 saturated heterocycles. The van der Waals surface area contributed by atoms with E-state index in [1.54, 1.807) is 0 Å². The van der Waals surface area contributed by atoms with Gasteiger partial charge in [0.25, 0.3) is 0 Å². The van der Waals surface area contributed by atoms with Crippen molar-refractivity contribution in [3.63, 3.8) is 0 Å². The highest BCUT2D eigenvalue weighted by atomic mass is 32.2. The predicted molar refractivity (Wildman–Crippen MR) is 95.2 cm³/mol. The predicted octanol–water partition coefficient (Wildman–Crippen LogP) is 5.72. The second-order valence-corrected chi connectivity index (χ2v) is 8.08. The van der Waals surface area contributed by atoms with Gasteiger partial charge in [0.1, 0.15) is 11.4 Å². The Hall–Kier alpha value is -1.68. The van der Waals surface area contributed by atoms with Crippen LogP contribution in [0.4, 0.5) is 4.79 Å². The average Bonchev–Trinajstić information content (AvgIpc) is 2.99. The van der Waals surface area contributed by atoms with E-state index < -0.39 is 11.8 Å². The molecule has 0 aliphatic carbocycles. The molecule has 2 aromatic carbocycles. The summed E-state index contributed by atoms with van der Waals surface area (Å²) in [5, 5.41) is 2.66. The van der Waals surface area contributed by atoms with Crippen molar-refractivity contribution >= 4 is 28.7 Å². The van der Waals surface area contributed by atoms with E-state index in [1.807, 2.05) is 56.8 Å². The standard InChI is InChI=1S/C19H22O3S/c1-19(2,3)22-18(20)21-16-10-5-7-13-14(16)8-4-9-15(13)17-11-6-12-23-17/h4-5,7-10,17H,6,11-12H2,1-3H3. The molecular formula is C19H22O3S. The van der Waals surface area contributed by atoms with Crippen LogP contribution in [0.3, 0.4) is 0 Å². The fraction of sp³-hybridized carbons (Fsp3) is 0.421. The lowest BCUT2D eigenvalue weighted by atomic mass is 9.99. The Labute approximate surface area is 141 Å². The van der Waals surface area contributed by atoms with Crippen molar-refractivity contribution in [1.29, 1.82) is 0 Å². The van der Waals surface area contributed by atoms with E-state index in [9.17, 15) is 4.79 Å². The molecule has 2 aromatic rings. The molecule has 1 aliphatic rings. The Morgan fingerprint density at radius 3 is 2.57 bits per heavy atom. The number of hydrogen-bond acceptors (Lipinski definition) is 4. The van der Waals surface area contributed by atoms with Gasteiger partial charge in [-0.2, -0.15) is 11.8 Å². The van der Waals surface area contributed by atoms with Gasteiger partial charge in [-0.05, 0) is 56.4 Å². The SMILES string of the molecule is CC(C)(C)OC(=O)Oc1cccc2c(C3CCCS3)cccc12. The third kappa shape index (κ3) is 3.81. The van der Waals surface area contributed by atoms with Gasteiger partial charge < -0.3 is 9.47 Å². The number of hydrogen-bond donors (Lipinski definition) is 0. The van der Waals surface area contributed by atoms with Crippen molar-refractivity contribution in [3.05, 3.63) is 42.0 Å². The van der Waals surface area contributed by atoms with Gasteiger partial charge in [-0.1, -0.05) is 30.3 Å². The minimum Gasteiger partial charge on any atom is -0.428 e. The lowest BCUT2D eigenvalue weighted by Crippen LogP contribution is -2.26. The summed E-state index contributed by atoms with van der Waals surface area (Å²) in [6.45, 7) is 5.48. The first-order chi connectivity index (χ1) is 10.9. The minimum atomic E-state index is -0.661. The van der Waals surface area contributed by atoms with E-state index in [0.29, 0.717) is 11.0 Å². The number of thioether (sulfide) groups is 1. The van der Waals surface area contributed by atoms with Crippen molar-refractivity contribution in [1.82, 2.24) is 0 Å². The molecule has 0 radical (unpaired) electrons. The molecule has 0 N–H and O–H groups in total. The van der Waals surface area contributed by atoms with Crippen LogP contribution in [-0.4, -0.2) is 17.5 Å². The molecule has 1 fully saturated rings. The lowest BCUT2D eigenvalue weighted by Gasteiger charge is -2.19. The lowest BCUT2D eigenvalue weighted by molar-refractivity contribution is 0.0209. The summed E-state index contributed by atoms with van der Waals surface area (Å²) >= 11 is 2.01. The van der Waals surface area contributed by atoms with Gasteiger partial charge in [0.05, 0.1) is 0 Å². The fourth-order valence-corrected chi connectivity index (χ4v) is 4.20. The molecule has 1 atom stereocenters. The van der Waals surface area contributed by atoms with Crippen LogP contribution in [0, 0.1) is 0 Å². The molecule has 3 nitrogen and oxygen atoms in total. The van der Waals surface area contributed by atoms with Gasteiger partial charge in [0, 0.05) is 10.6 Å². The van der Waals surface area contributed by atoms with E-state index in [2.05, 4.69) is 12.1 Å². The Balaban J connectivity index is 1.93. The largest absolute Gasteiger partial charge is 0.514 e. The topological polar surface area (TPSA) is 35.5 Å². The third-order valence-corrected chi connectivity index (χ3v) is 5.19. The highest BCUT2D eigenvalue weighted by Crippen LogP contribution is 2.43. The molecule has 1 aliphatic heterocycles. The van der Waals surface area contributed by atoms with Crippen LogP contribution in [0.1, 0.15) is 44.4 Å². The third-order valence-electron chi connectivity index (χ3n) is 3.78. The zero-order valence-electron chi connectivity index (χ0n) is 13.8. The molecule has 122 valence electrons. The fourth-order valence-electron chi connectivity index (χ4n) is 2.86. The van der Waals surface area contributed by atoms with Gasteiger partial charge in [-0.25, -0.2) is 4.79 Å². The number of carbonyl (C=O) groups is 1. The molecule has 4 heteroatoms. The summed E-state index contributed by atoms with van der Waals surface area (Å²) in [4.78, 5) is 12.0. The van der Waals surface area contributed by atoms with E-state index in [1.165, 1.54) is 24.2 Å². The van der Waals surface area contributed by atoms with Gasteiger partial charge >= 0.3 is 6.16 Å². The van der Waals surface area contributed by atoms with Crippen LogP contribution in [0.15, 0.2) is 36.4 Å². The summed E-state index contributed by atoms with van der Waals surface area (Å²) < 4.78 is 10.7. The molecule has 0 amide bonds. The van der Waals surface area contributed by atoms with Crippen molar-refractivity contribution in [3.8, 4) is 5.75 Å². The van der Waals surface area contributed by atoms with E-state index in [0.717, 1.165) is 10.8 Å². The first-order valence-electron chi connectivity index (χ1n) is 7.98. The quantitative estimate of drug-likeness (QED) is 0.521. The molecule has 3 rings (SSSR count). The Kier molecular flexibility index (Phi) is 4.53. The highest BCUT2D eigenvalue weighted by molar-refractivity contribution is 7.99. The van der Waals surface area contributed by atoms with Crippen molar-refractivity contribution in [2.75, 3.05) is 5.75 Å². The van der Waals surface area contributed by atoms with E-state index >= 15 is 0 Å². The number of ether oxygens (including phenoxy) is 2. The second-order valence-electron chi connectivity index (χ2n) is 6.77. The molecule has 1 heterocycles. The Morgan fingerprint density at radius 2 is 1.87 bits per heavy atom. The number of fused-ring (bicyclic) bond motifs is 1. The van der Waals surface area contributed by atoms with Crippen LogP contribution in [-0.2, 0) is 4.74 Å². The molecule has 0 bridgehead atoms. The molecule has 0 saturated carbocycles. The average molecular weight is 330 g/mol. The molecule has 0 aromatic heterocycles. The highest BCUT2D eigenvalue weighted by Gasteiger charge is 2.22. The van der Waals surface area contributed by atoms with Crippen LogP contribution >= 0.6 is 11.8 Å². The van der Waals surface area contributed by atoms with Crippen LogP contribution in [0.2, 0.25) is 0 Å². The Bertz CT molecular complexity index is 712. The molecule has 23 heavy (non-hydrogen) atoms. The number of carbonyl (C=O) groups excluding carboxylic acids is 1. The molecular weight excluding hydrogens is 308 g/mol. The van der Waals surface area contributed by atoms with Crippen molar-refractivity contribution < 1.29 is 14.3 Å². The summed E-state index contributed by atoms with van der Waals surface area (Å²) in [5.74, 6) is 1.77. The molecule has 1 unspecified atom stereocenters. The minimum absolute atomic E-state index is 0.537. The first kappa shape index (κ1) is 16.2. The maximum atomic E-state index is 12.0.